The van der Waals surface area contributed by atoms with Gasteiger partial charge in [0, 0.05) is 11.7 Å². The zero-order valence-corrected chi connectivity index (χ0v) is 9.75. The van der Waals surface area contributed by atoms with E-state index >= 15 is 0 Å². The molecule has 0 atom stereocenters. The van der Waals surface area contributed by atoms with E-state index in [2.05, 4.69) is 15.5 Å². The summed E-state index contributed by atoms with van der Waals surface area (Å²) in [6, 6.07) is 2.12. The Morgan fingerprint density at radius 3 is 2.62 bits per heavy atom. The maximum atomic E-state index is 11.8. The summed E-state index contributed by atoms with van der Waals surface area (Å²) >= 11 is 0. The maximum absolute atomic E-state index is 11.8. The van der Waals surface area contributed by atoms with E-state index < -0.39 is 0 Å². The fourth-order valence-corrected chi connectivity index (χ4v) is 2.22. The van der Waals surface area contributed by atoms with Crippen LogP contribution in [0.15, 0.2) is 6.07 Å². The van der Waals surface area contributed by atoms with E-state index in [9.17, 15) is 4.79 Å². The Hall–Kier alpha value is -1.32. The first-order valence-electron chi connectivity index (χ1n) is 6.08. The minimum absolute atomic E-state index is 0.0451. The maximum Gasteiger partial charge on any atom is 0.271 e. The van der Waals surface area contributed by atoms with Crippen molar-refractivity contribution in [3.63, 3.8) is 0 Å². The van der Waals surface area contributed by atoms with Gasteiger partial charge in [0.2, 0.25) is 0 Å². The molecule has 88 valence electrons. The molecule has 0 aromatic carbocycles. The molecule has 2 N–H and O–H groups in total. The summed E-state index contributed by atoms with van der Waals surface area (Å²) < 4.78 is 0. The monoisotopic (exact) mass is 221 g/mol. The van der Waals surface area contributed by atoms with Crippen LogP contribution in [-0.4, -0.2) is 22.1 Å². The summed E-state index contributed by atoms with van der Waals surface area (Å²) in [7, 11) is 0. The number of rotatable bonds is 2. The number of nitrogens with one attached hydrogen (secondary N) is 2. The molecule has 1 aliphatic carbocycles. The Morgan fingerprint density at radius 1 is 1.38 bits per heavy atom. The number of carbonyl (C=O) groups is 1. The number of aromatic amines is 1. The normalized spacial score (nSPS) is 18.1. The number of carbonyl (C=O) groups excluding carboxylic acids is 1. The van der Waals surface area contributed by atoms with Gasteiger partial charge in [0.1, 0.15) is 5.69 Å². The molecular weight excluding hydrogens is 202 g/mol. The average Bonchev–Trinajstić information content (AvgIpc) is 2.54. The molecule has 0 aliphatic heterocycles. The lowest BCUT2D eigenvalue weighted by atomic mass is 10.1. The molecule has 1 fully saturated rings. The van der Waals surface area contributed by atoms with Crippen molar-refractivity contribution < 1.29 is 4.79 Å². The van der Waals surface area contributed by atoms with Gasteiger partial charge in [0.25, 0.3) is 5.91 Å². The van der Waals surface area contributed by atoms with Crippen molar-refractivity contribution >= 4 is 5.91 Å². The van der Waals surface area contributed by atoms with E-state index in [1.807, 2.05) is 6.92 Å². The minimum Gasteiger partial charge on any atom is -0.348 e. The Morgan fingerprint density at radius 2 is 2.06 bits per heavy atom. The van der Waals surface area contributed by atoms with E-state index in [4.69, 9.17) is 0 Å². The van der Waals surface area contributed by atoms with Crippen LogP contribution in [0.3, 0.4) is 0 Å². The van der Waals surface area contributed by atoms with E-state index in [1.54, 1.807) is 6.07 Å². The summed E-state index contributed by atoms with van der Waals surface area (Å²) in [5.74, 6) is -0.0451. The molecule has 0 spiro atoms. The van der Waals surface area contributed by atoms with E-state index in [1.165, 1.54) is 25.7 Å². The van der Waals surface area contributed by atoms with E-state index in [0.29, 0.717) is 11.7 Å². The lowest BCUT2D eigenvalue weighted by Crippen LogP contribution is -2.34. The molecule has 0 radical (unpaired) electrons. The lowest BCUT2D eigenvalue weighted by molar-refractivity contribution is 0.0928. The summed E-state index contributed by atoms with van der Waals surface area (Å²) in [6.07, 6.45) is 7.27. The molecule has 1 aromatic rings. The van der Waals surface area contributed by atoms with Gasteiger partial charge < -0.3 is 5.32 Å². The second kappa shape index (κ2) is 5.14. The fraction of sp³-hybridized carbons (Fsp3) is 0.667. The zero-order valence-electron chi connectivity index (χ0n) is 9.75. The second-order valence-corrected chi connectivity index (χ2v) is 4.60. The Balaban J connectivity index is 1.90. The number of aromatic nitrogens is 2. The van der Waals surface area contributed by atoms with Gasteiger partial charge in [-0.1, -0.05) is 25.7 Å². The number of amides is 1. The van der Waals surface area contributed by atoms with E-state index in [0.717, 1.165) is 18.5 Å². The molecule has 0 saturated heterocycles. The van der Waals surface area contributed by atoms with Crippen LogP contribution in [0, 0.1) is 6.92 Å². The van der Waals surface area contributed by atoms with Crippen molar-refractivity contribution in [1.29, 1.82) is 0 Å². The number of hydrogen-bond acceptors (Lipinski definition) is 2. The van der Waals surface area contributed by atoms with Crippen molar-refractivity contribution in [3.8, 4) is 0 Å². The van der Waals surface area contributed by atoms with Gasteiger partial charge in [-0.2, -0.15) is 5.10 Å². The molecule has 16 heavy (non-hydrogen) atoms. The van der Waals surface area contributed by atoms with Gasteiger partial charge in [0.15, 0.2) is 0 Å². The highest BCUT2D eigenvalue weighted by Gasteiger charge is 2.16. The molecule has 0 bridgehead atoms. The molecule has 4 heteroatoms. The van der Waals surface area contributed by atoms with Gasteiger partial charge in [-0.15, -0.1) is 0 Å². The van der Waals surface area contributed by atoms with E-state index in [-0.39, 0.29) is 5.91 Å². The summed E-state index contributed by atoms with van der Waals surface area (Å²) in [5, 5.41) is 9.82. The largest absolute Gasteiger partial charge is 0.348 e. The van der Waals surface area contributed by atoms with Crippen LogP contribution < -0.4 is 5.32 Å². The highest BCUT2D eigenvalue weighted by atomic mass is 16.2. The third kappa shape index (κ3) is 2.84. The first-order valence-corrected chi connectivity index (χ1v) is 6.08. The average molecular weight is 221 g/mol. The smallest absolute Gasteiger partial charge is 0.271 e. The Labute approximate surface area is 95.8 Å². The molecule has 1 heterocycles. The third-order valence-corrected chi connectivity index (χ3v) is 3.13. The van der Waals surface area contributed by atoms with Gasteiger partial charge in [-0.25, -0.2) is 0 Å². The molecule has 4 nitrogen and oxygen atoms in total. The molecule has 1 aliphatic rings. The zero-order chi connectivity index (χ0) is 11.4. The van der Waals surface area contributed by atoms with Crippen molar-refractivity contribution in [2.75, 3.05) is 0 Å². The van der Waals surface area contributed by atoms with Crippen LogP contribution in [0.5, 0.6) is 0 Å². The van der Waals surface area contributed by atoms with Crippen molar-refractivity contribution in [1.82, 2.24) is 15.5 Å². The molecule has 1 aromatic heterocycles. The predicted octanol–water partition coefficient (Wildman–Crippen LogP) is 2.17. The first kappa shape index (κ1) is 11.2. The highest BCUT2D eigenvalue weighted by molar-refractivity contribution is 5.92. The number of H-pyrrole nitrogens is 1. The SMILES string of the molecule is Cc1cc(C(=O)NC2CCCCCC2)n[nH]1. The predicted molar refractivity (Wildman–Crippen MR) is 62.3 cm³/mol. The van der Waals surface area contributed by atoms with Crippen LogP contribution in [-0.2, 0) is 0 Å². The molecule has 1 saturated carbocycles. The topological polar surface area (TPSA) is 57.8 Å². The quantitative estimate of drug-likeness (QED) is 0.752. The molecule has 1 amide bonds. The summed E-state index contributed by atoms with van der Waals surface area (Å²) in [6.45, 7) is 1.90. The Bertz CT molecular complexity index is 351. The molecule has 0 unspecified atom stereocenters. The van der Waals surface area contributed by atoms with Crippen molar-refractivity contribution in [2.45, 2.75) is 51.5 Å². The molecule has 2 rings (SSSR count). The third-order valence-electron chi connectivity index (χ3n) is 3.13. The van der Waals surface area contributed by atoms with Gasteiger partial charge >= 0.3 is 0 Å². The van der Waals surface area contributed by atoms with Crippen LogP contribution >= 0.6 is 0 Å². The lowest BCUT2D eigenvalue weighted by Gasteiger charge is -2.14. The van der Waals surface area contributed by atoms with Crippen molar-refractivity contribution in [3.05, 3.63) is 17.5 Å². The Kier molecular flexibility index (Phi) is 3.59. The van der Waals surface area contributed by atoms with Gasteiger partial charge in [-0.05, 0) is 25.8 Å². The van der Waals surface area contributed by atoms with Crippen LogP contribution in [0.1, 0.15) is 54.7 Å². The number of aryl methyl sites for hydroxylation is 1. The number of hydrogen-bond donors (Lipinski definition) is 2. The first-order chi connectivity index (χ1) is 7.75. The number of nitrogens with zero attached hydrogens (tertiary/aromatic N) is 1. The van der Waals surface area contributed by atoms with Crippen LogP contribution in [0.2, 0.25) is 0 Å². The minimum atomic E-state index is -0.0451. The highest BCUT2D eigenvalue weighted by Crippen LogP contribution is 2.17. The van der Waals surface area contributed by atoms with Crippen LogP contribution in [0.4, 0.5) is 0 Å². The van der Waals surface area contributed by atoms with Crippen LogP contribution in [0.25, 0.3) is 0 Å². The van der Waals surface area contributed by atoms with Gasteiger partial charge in [0.05, 0.1) is 0 Å². The second-order valence-electron chi connectivity index (χ2n) is 4.60. The standard InChI is InChI=1S/C12H19N3O/c1-9-8-11(15-14-9)12(16)13-10-6-4-2-3-5-7-10/h8,10H,2-7H2,1H3,(H,13,16)(H,14,15). The summed E-state index contributed by atoms with van der Waals surface area (Å²) in [5.41, 5.74) is 1.42. The fourth-order valence-electron chi connectivity index (χ4n) is 2.22. The molecular formula is C12H19N3O. The summed E-state index contributed by atoms with van der Waals surface area (Å²) in [4.78, 5) is 11.8. The van der Waals surface area contributed by atoms with Crippen molar-refractivity contribution in [2.24, 2.45) is 0 Å². The van der Waals surface area contributed by atoms with Gasteiger partial charge in [-0.3, -0.25) is 9.89 Å².